The van der Waals surface area contributed by atoms with E-state index in [-0.39, 0.29) is 29.6 Å². The van der Waals surface area contributed by atoms with Crippen molar-refractivity contribution in [2.75, 3.05) is 16.8 Å². The summed E-state index contributed by atoms with van der Waals surface area (Å²) in [5, 5.41) is 16.9. The van der Waals surface area contributed by atoms with Gasteiger partial charge in [0.15, 0.2) is 0 Å². The topological polar surface area (TPSA) is 182 Å². The van der Waals surface area contributed by atoms with Gasteiger partial charge in [0.25, 0.3) is 0 Å². The van der Waals surface area contributed by atoms with Gasteiger partial charge in [-0.05, 0) is 0 Å². The molecular formula is C6H7N9O2. The third-order valence-corrected chi connectivity index (χ3v) is 1.58. The highest BCUT2D eigenvalue weighted by Gasteiger charge is 2.11. The van der Waals surface area contributed by atoms with E-state index in [1.54, 1.807) is 0 Å². The zero-order chi connectivity index (χ0) is 12.4. The van der Waals surface area contributed by atoms with E-state index in [9.17, 15) is 4.79 Å². The minimum absolute atomic E-state index is 0.0194. The number of nitrogens with one attached hydrogen (secondary N) is 2. The first-order chi connectivity index (χ1) is 8.04. The van der Waals surface area contributed by atoms with Crippen molar-refractivity contribution in [2.45, 2.75) is 0 Å². The van der Waals surface area contributed by atoms with E-state index in [1.165, 1.54) is 0 Å². The number of nitrogen functional groups attached to an aromatic ring is 2. The van der Waals surface area contributed by atoms with Gasteiger partial charge in [0, 0.05) is 0 Å². The molecule has 0 fully saturated rings. The molecule has 0 amide bonds. The average Bonchev–Trinajstić information content (AvgIpc) is 2.64. The second-order valence-electron chi connectivity index (χ2n) is 2.81. The monoisotopic (exact) mass is 237 g/mol. The maximum atomic E-state index is 10.5. The van der Waals surface area contributed by atoms with Gasteiger partial charge in [0.1, 0.15) is 0 Å². The van der Waals surface area contributed by atoms with Crippen molar-refractivity contribution in [3.63, 3.8) is 0 Å². The van der Waals surface area contributed by atoms with E-state index in [0.717, 1.165) is 0 Å². The number of aromatic amines is 1. The molecule has 0 saturated heterocycles. The summed E-state index contributed by atoms with van der Waals surface area (Å²) in [4.78, 5) is 25.1. The number of anilines is 4. The van der Waals surface area contributed by atoms with Gasteiger partial charge in [-0.25, -0.2) is 4.79 Å². The van der Waals surface area contributed by atoms with Crippen LogP contribution < -0.4 is 16.8 Å². The Hall–Kier alpha value is -2.98. The van der Waals surface area contributed by atoms with Crippen molar-refractivity contribution >= 4 is 29.8 Å². The smallest absolute Gasteiger partial charge is 0.373 e. The predicted octanol–water partition coefficient (Wildman–Crippen LogP) is -1.40. The Kier molecular flexibility index (Phi) is 2.40. The van der Waals surface area contributed by atoms with Crippen LogP contribution in [-0.2, 0) is 0 Å². The van der Waals surface area contributed by atoms with E-state index >= 15 is 0 Å². The van der Waals surface area contributed by atoms with E-state index in [1.807, 2.05) is 0 Å². The van der Waals surface area contributed by atoms with Crippen LogP contribution in [-0.4, -0.2) is 41.2 Å². The molecule has 2 heterocycles. The summed E-state index contributed by atoms with van der Waals surface area (Å²) in [5.74, 6) is -1.70. The number of rotatable bonds is 3. The fourth-order valence-electron chi connectivity index (χ4n) is 0.979. The van der Waals surface area contributed by atoms with Gasteiger partial charge in [-0.3, -0.25) is 10.4 Å². The van der Waals surface area contributed by atoms with Gasteiger partial charge in [-0.2, -0.15) is 19.9 Å². The van der Waals surface area contributed by atoms with Gasteiger partial charge >= 0.3 is 5.97 Å². The standard InChI is InChI=1S/C6H7N9O2/c7-3-10-4(8)12-5(11-3)13-6-9-1(2(16)17)14-15-6/h(H,16,17)(H6,7,8,9,10,11,12,13,14,15). The lowest BCUT2D eigenvalue weighted by molar-refractivity contribution is 0.0684. The van der Waals surface area contributed by atoms with Crippen LogP contribution in [0, 0.1) is 0 Å². The lowest BCUT2D eigenvalue weighted by Crippen LogP contribution is -2.07. The predicted molar refractivity (Wildman–Crippen MR) is 55.3 cm³/mol. The number of hydrogen-bond donors (Lipinski definition) is 5. The highest BCUT2D eigenvalue weighted by Crippen LogP contribution is 2.09. The minimum Gasteiger partial charge on any atom is -0.475 e. The van der Waals surface area contributed by atoms with E-state index in [0.29, 0.717) is 0 Å². The number of H-pyrrole nitrogens is 1. The molecule has 2 aromatic heterocycles. The van der Waals surface area contributed by atoms with Crippen molar-refractivity contribution in [2.24, 2.45) is 0 Å². The first-order valence-corrected chi connectivity index (χ1v) is 4.24. The zero-order valence-electron chi connectivity index (χ0n) is 8.25. The molecule has 0 aliphatic rings. The molecule has 0 radical (unpaired) electrons. The Morgan fingerprint density at radius 3 is 2.29 bits per heavy atom. The summed E-state index contributed by atoms with van der Waals surface area (Å²) in [5.41, 5.74) is 10.7. The van der Waals surface area contributed by atoms with Gasteiger partial charge in [0.05, 0.1) is 0 Å². The third-order valence-electron chi connectivity index (χ3n) is 1.58. The Morgan fingerprint density at radius 2 is 1.76 bits per heavy atom. The van der Waals surface area contributed by atoms with Crippen LogP contribution >= 0.6 is 0 Å². The van der Waals surface area contributed by atoms with E-state index < -0.39 is 5.97 Å². The van der Waals surface area contributed by atoms with Crippen LogP contribution in [0.4, 0.5) is 23.8 Å². The van der Waals surface area contributed by atoms with Crippen molar-refractivity contribution in [1.82, 2.24) is 30.1 Å². The van der Waals surface area contributed by atoms with Crippen molar-refractivity contribution in [3.05, 3.63) is 5.82 Å². The highest BCUT2D eigenvalue weighted by molar-refractivity contribution is 5.83. The van der Waals surface area contributed by atoms with Gasteiger partial charge < -0.3 is 16.6 Å². The number of carbonyl (C=O) groups is 1. The Balaban J connectivity index is 2.22. The zero-order valence-corrected chi connectivity index (χ0v) is 8.25. The molecule has 11 heteroatoms. The summed E-state index contributed by atoms with van der Waals surface area (Å²) in [6.45, 7) is 0. The molecule has 0 aromatic carbocycles. The van der Waals surface area contributed by atoms with Crippen LogP contribution in [0.5, 0.6) is 0 Å². The van der Waals surface area contributed by atoms with Crippen LogP contribution in [0.3, 0.4) is 0 Å². The molecule has 0 atom stereocenters. The number of carboxylic acids is 1. The summed E-state index contributed by atoms with van der Waals surface area (Å²) in [7, 11) is 0. The summed E-state index contributed by atoms with van der Waals surface area (Å²) >= 11 is 0. The van der Waals surface area contributed by atoms with Gasteiger partial charge in [0.2, 0.25) is 29.6 Å². The molecule has 2 aromatic rings. The van der Waals surface area contributed by atoms with Crippen LogP contribution in [0.2, 0.25) is 0 Å². The molecule has 0 spiro atoms. The minimum atomic E-state index is -1.24. The first-order valence-electron chi connectivity index (χ1n) is 4.24. The molecule has 0 unspecified atom stereocenters. The molecule has 7 N–H and O–H groups in total. The molecule has 88 valence electrons. The molecule has 17 heavy (non-hydrogen) atoms. The maximum Gasteiger partial charge on any atom is 0.373 e. The van der Waals surface area contributed by atoms with Crippen LogP contribution in [0.15, 0.2) is 0 Å². The third kappa shape index (κ3) is 2.34. The second-order valence-corrected chi connectivity index (χ2v) is 2.81. The number of hydrogen-bond acceptors (Lipinski definition) is 9. The molecule has 0 saturated carbocycles. The Bertz CT molecular complexity index is 544. The number of nitrogens with zero attached hydrogens (tertiary/aromatic N) is 5. The molecular weight excluding hydrogens is 230 g/mol. The number of carboxylic acid groups (broad SMARTS) is 1. The maximum absolute atomic E-state index is 10.5. The molecule has 0 aliphatic heterocycles. The fourth-order valence-corrected chi connectivity index (χ4v) is 0.979. The van der Waals surface area contributed by atoms with E-state index in [4.69, 9.17) is 16.6 Å². The van der Waals surface area contributed by atoms with Gasteiger partial charge in [-0.1, -0.05) is 0 Å². The normalized spacial score (nSPS) is 10.1. The average molecular weight is 237 g/mol. The van der Waals surface area contributed by atoms with E-state index in [2.05, 4.69) is 35.5 Å². The van der Waals surface area contributed by atoms with Gasteiger partial charge in [-0.15, -0.1) is 5.10 Å². The van der Waals surface area contributed by atoms with Crippen molar-refractivity contribution in [1.29, 1.82) is 0 Å². The molecule has 0 bridgehead atoms. The molecule has 11 nitrogen and oxygen atoms in total. The lowest BCUT2D eigenvalue weighted by atomic mass is 10.6. The SMILES string of the molecule is Nc1nc(N)nc(Nc2n[nH]c(C(=O)O)n2)n1. The number of aromatic nitrogens is 6. The Labute approximate surface area is 93.3 Å². The number of aromatic carboxylic acids is 1. The quantitative estimate of drug-likeness (QED) is 0.425. The summed E-state index contributed by atoms with van der Waals surface area (Å²) < 4.78 is 0. The number of nitrogens with two attached hydrogens (primary N) is 2. The molecule has 2 rings (SSSR count). The summed E-state index contributed by atoms with van der Waals surface area (Å²) in [6.07, 6.45) is 0. The second kappa shape index (κ2) is 3.88. The fraction of sp³-hybridized carbons (Fsp3) is 0. The summed E-state index contributed by atoms with van der Waals surface area (Å²) in [6, 6.07) is 0. The largest absolute Gasteiger partial charge is 0.475 e. The van der Waals surface area contributed by atoms with Crippen LogP contribution in [0.25, 0.3) is 0 Å². The van der Waals surface area contributed by atoms with Crippen LogP contribution in [0.1, 0.15) is 10.6 Å². The lowest BCUT2D eigenvalue weighted by Gasteiger charge is -2.00. The van der Waals surface area contributed by atoms with Crippen molar-refractivity contribution < 1.29 is 9.90 Å². The highest BCUT2D eigenvalue weighted by atomic mass is 16.4. The molecule has 0 aliphatic carbocycles. The van der Waals surface area contributed by atoms with Crippen molar-refractivity contribution in [3.8, 4) is 0 Å². The Morgan fingerprint density at radius 1 is 1.12 bits per heavy atom. The first kappa shape index (κ1) is 10.5.